The summed E-state index contributed by atoms with van der Waals surface area (Å²) >= 11 is 0. The topological polar surface area (TPSA) is 74.4 Å². The van der Waals surface area contributed by atoms with Crippen LogP contribution in [0.4, 0.5) is 11.5 Å². The normalized spacial score (nSPS) is 14.0. The Kier molecular flexibility index (Phi) is 6.09. The molecule has 7 heteroatoms. The van der Waals surface area contributed by atoms with E-state index in [9.17, 15) is 4.79 Å². The van der Waals surface area contributed by atoms with E-state index in [4.69, 9.17) is 4.74 Å². The van der Waals surface area contributed by atoms with Crippen LogP contribution in [-0.2, 0) is 17.7 Å². The van der Waals surface area contributed by atoms with Crippen LogP contribution in [0, 0.1) is 0 Å². The third-order valence-corrected chi connectivity index (χ3v) is 5.32. The molecule has 0 radical (unpaired) electrons. The van der Waals surface area contributed by atoms with Crippen molar-refractivity contribution in [3.63, 3.8) is 0 Å². The highest BCUT2D eigenvalue weighted by molar-refractivity contribution is 5.58. The maximum atomic E-state index is 11.8. The molecule has 0 unspecified atom stereocenters. The quantitative estimate of drug-likeness (QED) is 0.680. The average Bonchev–Trinajstić information content (AvgIpc) is 2.79. The molecule has 0 saturated carbocycles. The monoisotopic (exact) mass is 405 g/mol. The van der Waals surface area contributed by atoms with Crippen LogP contribution in [0.5, 0.6) is 0 Å². The Balaban J connectivity index is 1.52. The number of aromatic amines is 1. The molecule has 156 valence electrons. The fourth-order valence-corrected chi connectivity index (χ4v) is 3.67. The number of H-pyrrole nitrogens is 1. The van der Waals surface area contributed by atoms with Crippen LogP contribution in [-0.4, -0.2) is 48.3 Å². The molecule has 2 aromatic heterocycles. The zero-order valence-corrected chi connectivity index (χ0v) is 17.5. The molecule has 4 rings (SSSR count). The van der Waals surface area contributed by atoms with E-state index in [1.54, 1.807) is 6.20 Å². The third kappa shape index (κ3) is 4.52. The number of anilines is 2. The minimum absolute atomic E-state index is 0.141. The second-order valence-electron chi connectivity index (χ2n) is 7.43. The molecule has 30 heavy (non-hydrogen) atoms. The van der Waals surface area contributed by atoms with Crippen molar-refractivity contribution in [1.82, 2.24) is 15.0 Å². The number of hydrogen-bond donors (Lipinski definition) is 1. The smallest absolute Gasteiger partial charge is 0.251 e. The van der Waals surface area contributed by atoms with Gasteiger partial charge in [-0.3, -0.25) is 4.79 Å². The highest BCUT2D eigenvalue weighted by Crippen LogP contribution is 2.25. The van der Waals surface area contributed by atoms with Crippen molar-refractivity contribution < 1.29 is 4.74 Å². The van der Waals surface area contributed by atoms with Crippen molar-refractivity contribution in [2.24, 2.45) is 0 Å². The van der Waals surface area contributed by atoms with Crippen LogP contribution >= 0.6 is 0 Å². The summed E-state index contributed by atoms with van der Waals surface area (Å²) in [7, 11) is 2.04. The van der Waals surface area contributed by atoms with Gasteiger partial charge in [0.2, 0.25) is 0 Å². The number of benzene rings is 1. The van der Waals surface area contributed by atoms with Crippen molar-refractivity contribution in [2.75, 3.05) is 43.2 Å². The van der Waals surface area contributed by atoms with Crippen LogP contribution in [0.3, 0.4) is 0 Å². The van der Waals surface area contributed by atoms with Gasteiger partial charge in [-0.1, -0.05) is 25.1 Å². The van der Waals surface area contributed by atoms with Gasteiger partial charge in [-0.2, -0.15) is 0 Å². The van der Waals surface area contributed by atoms with Gasteiger partial charge in [0, 0.05) is 55.9 Å². The van der Waals surface area contributed by atoms with E-state index >= 15 is 0 Å². The van der Waals surface area contributed by atoms with Gasteiger partial charge in [-0.05, 0) is 30.2 Å². The highest BCUT2D eigenvalue weighted by atomic mass is 16.5. The molecule has 3 heterocycles. The predicted octanol–water partition coefficient (Wildman–Crippen LogP) is 2.87. The maximum absolute atomic E-state index is 11.8. The van der Waals surface area contributed by atoms with Gasteiger partial charge in [0.1, 0.15) is 11.6 Å². The first-order valence-corrected chi connectivity index (χ1v) is 10.3. The number of aromatic nitrogens is 3. The minimum Gasteiger partial charge on any atom is -0.378 e. The molecule has 1 aliphatic heterocycles. The summed E-state index contributed by atoms with van der Waals surface area (Å²) in [4.78, 5) is 28.3. The first-order chi connectivity index (χ1) is 14.6. The number of rotatable bonds is 6. The van der Waals surface area contributed by atoms with Gasteiger partial charge in [-0.15, -0.1) is 0 Å². The molecule has 1 fully saturated rings. The van der Waals surface area contributed by atoms with Crippen molar-refractivity contribution in [1.29, 1.82) is 0 Å². The maximum Gasteiger partial charge on any atom is 0.251 e. The highest BCUT2D eigenvalue weighted by Gasteiger charge is 2.16. The van der Waals surface area contributed by atoms with E-state index in [0.717, 1.165) is 49.9 Å². The van der Waals surface area contributed by atoms with Crippen molar-refractivity contribution in [3.05, 3.63) is 70.3 Å². The number of nitrogens with zero attached hydrogens (tertiary/aromatic N) is 4. The average molecular weight is 406 g/mol. The van der Waals surface area contributed by atoms with Gasteiger partial charge < -0.3 is 19.5 Å². The zero-order valence-electron chi connectivity index (χ0n) is 17.5. The number of morpholine rings is 1. The van der Waals surface area contributed by atoms with Gasteiger partial charge >= 0.3 is 0 Å². The molecule has 1 aromatic carbocycles. The Morgan fingerprint density at radius 2 is 1.97 bits per heavy atom. The van der Waals surface area contributed by atoms with E-state index in [-0.39, 0.29) is 5.56 Å². The number of pyridine rings is 1. The second kappa shape index (κ2) is 9.09. The first-order valence-electron chi connectivity index (χ1n) is 10.3. The van der Waals surface area contributed by atoms with Crippen LogP contribution in [0.25, 0.3) is 11.4 Å². The summed E-state index contributed by atoms with van der Waals surface area (Å²) in [6.45, 7) is 6.09. The lowest BCUT2D eigenvalue weighted by molar-refractivity contribution is 0.122. The van der Waals surface area contributed by atoms with Crippen LogP contribution in [0.1, 0.15) is 18.2 Å². The van der Waals surface area contributed by atoms with E-state index in [0.29, 0.717) is 12.2 Å². The third-order valence-electron chi connectivity index (χ3n) is 5.32. The number of para-hydroxylation sites is 1. The number of nitrogens with one attached hydrogen (secondary N) is 1. The van der Waals surface area contributed by atoms with Crippen molar-refractivity contribution in [2.45, 2.75) is 19.9 Å². The molecule has 1 aliphatic rings. The fraction of sp³-hybridized carbons (Fsp3) is 0.348. The summed E-state index contributed by atoms with van der Waals surface area (Å²) in [5.41, 5.74) is 3.94. The standard InChI is InChI=1S/C23H27N5O2/c1-3-19-14-22(29)26-23(25-19)17-8-9-21(24-15-17)27(2)16-18-6-4-5-7-20(18)28-10-12-30-13-11-28/h4-9,14-15H,3,10-13,16H2,1-2H3,(H,25,26,29). The second-order valence-corrected chi connectivity index (χ2v) is 7.43. The molecule has 3 aromatic rings. The largest absolute Gasteiger partial charge is 0.378 e. The zero-order chi connectivity index (χ0) is 20.9. The van der Waals surface area contributed by atoms with E-state index in [1.165, 1.54) is 17.3 Å². The molecule has 0 aliphatic carbocycles. The molecule has 0 amide bonds. The van der Waals surface area contributed by atoms with E-state index in [2.05, 4.69) is 49.0 Å². The van der Waals surface area contributed by atoms with Gasteiger partial charge in [0.15, 0.2) is 0 Å². The molecule has 0 spiro atoms. The predicted molar refractivity (Wildman–Crippen MR) is 119 cm³/mol. The molecule has 1 saturated heterocycles. The Labute approximate surface area is 176 Å². The lowest BCUT2D eigenvalue weighted by Crippen LogP contribution is -2.37. The Morgan fingerprint density at radius 3 is 2.70 bits per heavy atom. The van der Waals surface area contributed by atoms with Gasteiger partial charge in [0.05, 0.1) is 13.2 Å². The minimum atomic E-state index is -0.141. The lowest BCUT2D eigenvalue weighted by atomic mass is 10.1. The van der Waals surface area contributed by atoms with Gasteiger partial charge in [-0.25, -0.2) is 9.97 Å². The molecule has 0 atom stereocenters. The summed E-state index contributed by atoms with van der Waals surface area (Å²) in [6.07, 6.45) is 2.48. The Bertz CT molecular complexity index is 1040. The van der Waals surface area contributed by atoms with Crippen LogP contribution in [0.2, 0.25) is 0 Å². The molecule has 1 N–H and O–H groups in total. The van der Waals surface area contributed by atoms with E-state index < -0.39 is 0 Å². The number of aryl methyl sites for hydroxylation is 1. The summed E-state index contributed by atoms with van der Waals surface area (Å²) in [5, 5.41) is 0. The molecular formula is C23H27N5O2. The van der Waals surface area contributed by atoms with Crippen LogP contribution in [0.15, 0.2) is 53.5 Å². The summed E-state index contributed by atoms with van der Waals surface area (Å²) in [6, 6.07) is 13.9. The fourth-order valence-electron chi connectivity index (χ4n) is 3.67. The summed E-state index contributed by atoms with van der Waals surface area (Å²) < 4.78 is 5.49. The summed E-state index contributed by atoms with van der Waals surface area (Å²) in [5.74, 6) is 1.42. The molecule has 7 nitrogen and oxygen atoms in total. The Morgan fingerprint density at radius 1 is 1.17 bits per heavy atom. The van der Waals surface area contributed by atoms with Crippen molar-refractivity contribution >= 4 is 11.5 Å². The number of hydrogen-bond acceptors (Lipinski definition) is 6. The lowest BCUT2D eigenvalue weighted by Gasteiger charge is -2.31. The number of ether oxygens (including phenoxy) is 1. The van der Waals surface area contributed by atoms with Gasteiger partial charge in [0.25, 0.3) is 5.56 Å². The Hall–Kier alpha value is -3.19. The molecular weight excluding hydrogens is 378 g/mol. The SMILES string of the molecule is CCc1cc(=O)[nH]c(-c2ccc(N(C)Cc3ccccc3N3CCOCC3)nc2)n1. The van der Waals surface area contributed by atoms with Crippen molar-refractivity contribution in [3.8, 4) is 11.4 Å². The first kappa shape index (κ1) is 20.1. The van der Waals surface area contributed by atoms with Crippen LogP contribution < -0.4 is 15.4 Å². The van der Waals surface area contributed by atoms with E-state index in [1.807, 2.05) is 26.1 Å². The molecule has 0 bridgehead atoms.